The average Bonchev–Trinajstić information content (AvgIpc) is 1.66. The molecule has 0 bridgehead atoms. The van der Waals surface area contributed by atoms with E-state index in [4.69, 9.17) is 0 Å². The fourth-order valence-electron chi connectivity index (χ4n) is 19.7. The molecule has 5 heteroatoms. The molecule has 0 radical (unpaired) electrons. The van der Waals surface area contributed by atoms with Crippen LogP contribution in [-0.4, -0.2) is 15.8 Å². The molecule has 2 aliphatic rings. The first-order valence-corrected chi connectivity index (χ1v) is 44.3. The van der Waals surface area contributed by atoms with E-state index < -0.39 is 0 Å². The third-order valence-corrected chi connectivity index (χ3v) is 26.4. The Hall–Kier alpha value is -13.2. The van der Waals surface area contributed by atoms with Crippen LogP contribution in [0.1, 0.15) is 156 Å². The highest BCUT2D eigenvalue weighted by molar-refractivity contribution is 7.00. The number of benzene rings is 16. The molecule has 20 rings (SSSR count). The van der Waals surface area contributed by atoms with E-state index in [2.05, 4.69) is 475 Å². The molecule has 0 N–H and O–H groups in total. The Bertz CT molecular complexity index is 6520. The highest BCUT2D eigenvalue weighted by atomic mass is 15.2. The van der Waals surface area contributed by atoms with Crippen LogP contribution >= 0.6 is 0 Å². The van der Waals surface area contributed by atoms with Crippen molar-refractivity contribution in [1.29, 1.82) is 0 Å². The summed E-state index contributed by atoms with van der Waals surface area (Å²) in [6.07, 6.45) is 0. The van der Waals surface area contributed by atoms with Crippen LogP contribution in [0.25, 0.3) is 133 Å². The molecule has 0 fully saturated rings. The number of fused-ring (bicyclic) bond motifs is 10. The van der Waals surface area contributed by atoms with Gasteiger partial charge < -0.3 is 18.9 Å². The van der Waals surface area contributed by atoms with Crippen molar-refractivity contribution in [2.75, 3.05) is 9.80 Å². The highest BCUT2D eigenvalue weighted by Crippen LogP contribution is 2.57. The summed E-state index contributed by atoms with van der Waals surface area (Å²) in [7, 11) is 0. The first-order chi connectivity index (χ1) is 59.2. The van der Waals surface area contributed by atoms with Crippen molar-refractivity contribution in [1.82, 2.24) is 9.13 Å². The summed E-state index contributed by atoms with van der Waals surface area (Å²) in [5, 5.41) is 5.01. The molecule has 18 aromatic rings. The zero-order valence-corrected chi connectivity index (χ0v) is 73.9. The number of nitrogens with zero attached hydrogens (tertiary/aromatic N) is 4. The van der Waals surface area contributed by atoms with Crippen molar-refractivity contribution in [3.63, 3.8) is 0 Å². The molecule has 123 heavy (non-hydrogen) atoms. The molecular formula is C118H107BN4. The van der Waals surface area contributed by atoms with E-state index in [0.29, 0.717) is 5.92 Å². The van der Waals surface area contributed by atoms with Crippen molar-refractivity contribution in [2.45, 2.75) is 144 Å². The zero-order chi connectivity index (χ0) is 84.9. The summed E-state index contributed by atoms with van der Waals surface area (Å²) >= 11 is 0. The SMILES string of the molecule is CC(C)c1ccc(-c2cc3c4c(c2)N(c2c(-c5ccccc5)cc(-c5ccccc5)cc2-c2ccccc2)c2cc(-n5c6ccc(C(C)(C)C)cc6c6cc(C(C)(C)C)ccc65)ccc2B4c2ccc(-n4c5ccc(C(C)(C)C)cc5c5cc(C(C)(C)C)ccc54)cc2N3c2c(-c3ccccc3)cc(-c3ccccc3)cc2-c2ccccc2)c(C(C)C)c1. The van der Waals surface area contributed by atoms with Gasteiger partial charge in [0.2, 0.25) is 0 Å². The quantitative estimate of drug-likeness (QED) is 0.107. The van der Waals surface area contributed by atoms with Gasteiger partial charge in [-0.05, 0) is 248 Å². The van der Waals surface area contributed by atoms with Gasteiger partial charge in [-0.3, -0.25) is 0 Å². The maximum Gasteiger partial charge on any atom is 0.252 e. The van der Waals surface area contributed by atoms with E-state index in [0.717, 1.165) is 118 Å². The summed E-state index contributed by atoms with van der Waals surface area (Å²) in [5.74, 6) is 0.488. The monoisotopic (exact) mass is 1590 g/mol. The smallest absolute Gasteiger partial charge is 0.252 e. The van der Waals surface area contributed by atoms with Crippen LogP contribution in [0.2, 0.25) is 0 Å². The lowest BCUT2D eigenvalue weighted by atomic mass is 9.33. The largest absolute Gasteiger partial charge is 0.310 e. The molecule has 0 atom stereocenters. The standard InChI is InChI=1S/C118H107BN4/c1-74(2)82-47-54-92(93(61-82)75(3)4)85-66-110-112-111(67-85)123(114-96(80-43-31-21-32-44-80)64-84(77-37-25-18-26-38-77)65-97(114)81-45-33-22-34-46-81)109-73-91(121-106-59-50-88(117(11,12)13)70-100(106)101-71-89(118(14,15)16)51-60-107(101)121)53-56-103(109)119(112)102-55-52-90(120-104-57-48-86(115(5,6)7)68-98(104)99-69-87(116(8,9)10)49-58-105(99)120)72-108(102)122(110)113-94(78-39-27-19-28-40-78)62-83(76-35-23-17-24-36-76)63-95(113)79-41-29-20-30-42-79/h17-75H,1-16H3. The predicted octanol–water partition coefficient (Wildman–Crippen LogP) is 31.1. The number of hydrogen-bond acceptors (Lipinski definition) is 2. The molecule has 0 saturated carbocycles. The van der Waals surface area contributed by atoms with Gasteiger partial charge in [0.15, 0.2) is 0 Å². The highest BCUT2D eigenvalue weighted by Gasteiger charge is 2.47. The molecule has 16 aromatic carbocycles. The number of hydrogen-bond donors (Lipinski definition) is 0. The van der Waals surface area contributed by atoms with Gasteiger partial charge in [-0.25, -0.2) is 0 Å². The van der Waals surface area contributed by atoms with Gasteiger partial charge in [0, 0.05) is 77.9 Å². The molecule has 2 aliphatic heterocycles. The molecule has 0 saturated heterocycles. The Labute approximate surface area is 727 Å². The van der Waals surface area contributed by atoms with E-state index in [1.54, 1.807) is 0 Å². The van der Waals surface area contributed by atoms with E-state index >= 15 is 0 Å². The van der Waals surface area contributed by atoms with Crippen molar-refractivity contribution in [3.05, 3.63) is 379 Å². The Morgan fingerprint density at radius 1 is 0.236 bits per heavy atom. The lowest BCUT2D eigenvalue weighted by molar-refractivity contribution is 0.590. The lowest BCUT2D eigenvalue weighted by Gasteiger charge is -2.46. The van der Waals surface area contributed by atoms with Gasteiger partial charge in [0.05, 0.1) is 33.4 Å². The third-order valence-electron chi connectivity index (χ3n) is 26.4. The summed E-state index contributed by atoms with van der Waals surface area (Å²) < 4.78 is 5.16. The molecular weight excluding hydrogens is 1480 g/mol. The second-order valence-corrected chi connectivity index (χ2v) is 39.3. The Kier molecular flexibility index (Phi) is 19.0. The predicted molar refractivity (Wildman–Crippen MR) is 530 cm³/mol. The van der Waals surface area contributed by atoms with Crippen molar-refractivity contribution >= 4 is 101 Å². The van der Waals surface area contributed by atoms with E-state index in [-0.39, 0.29) is 34.3 Å². The molecule has 2 aromatic heterocycles. The van der Waals surface area contributed by atoms with Crippen LogP contribution < -0.4 is 26.2 Å². The van der Waals surface area contributed by atoms with Gasteiger partial charge in [-0.1, -0.05) is 347 Å². The number of rotatable bonds is 13. The van der Waals surface area contributed by atoms with Crippen LogP contribution in [0, 0.1) is 0 Å². The molecule has 0 amide bonds. The average molecular weight is 1590 g/mol. The van der Waals surface area contributed by atoms with Crippen molar-refractivity contribution in [2.24, 2.45) is 0 Å². The van der Waals surface area contributed by atoms with Crippen molar-refractivity contribution < 1.29 is 0 Å². The summed E-state index contributed by atoms with van der Waals surface area (Å²) in [5.41, 5.74) is 40.6. The van der Waals surface area contributed by atoms with Gasteiger partial charge in [0.1, 0.15) is 0 Å². The second-order valence-electron chi connectivity index (χ2n) is 39.3. The van der Waals surface area contributed by atoms with Crippen molar-refractivity contribution in [3.8, 4) is 89.3 Å². The molecule has 4 heterocycles. The maximum atomic E-state index is 2.76. The van der Waals surface area contributed by atoms with Crippen LogP contribution in [0.5, 0.6) is 0 Å². The molecule has 602 valence electrons. The first kappa shape index (κ1) is 78.3. The lowest BCUT2D eigenvalue weighted by Crippen LogP contribution is -2.61. The van der Waals surface area contributed by atoms with E-state index in [1.165, 1.54) is 98.9 Å². The van der Waals surface area contributed by atoms with Crippen LogP contribution in [-0.2, 0) is 21.7 Å². The second kappa shape index (κ2) is 29.8. The maximum absolute atomic E-state index is 2.76. The fourth-order valence-corrected chi connectivity index (χ4v) is 19.7. The van der Waals surface area contributed by atoms with Gasteiger partial charge >= 0.3 is 0 Å². The normalized spacial score (nSPS) is 13.0. The third kappa shape index (κ3) is 13.6. The van der Waals surface area contributed by atoms with E-state index in [1.807, 2.05) is 0 Å². The first-order valence-electron chi connectivity index (χ1n) is 44.3. The van der Waals surface area contributed by atoms with Crippen LogP contribution in [0.3, 0.4) is 0 Å². The van der Waals surface area contributed by atoms with Gasteiger partial charge in [-0.2, -0.15) is 0 Å². The minimum Gasteiger partial charge on any atom is -0.310 e. The topological polar surface area (TPSA) is 16.3 Å². The number of anilines is 6. The molecule has 0 aliphatic carbocycles. The van der Waals surface area contributed by atoms with Crippen LogP contribution in [0.4, 0.5) is 34.1 Å². The van der Waals surface area contributed by atoms with Gasteiger partial charge in [-0.15, -0.1) is 0 Å². The zero-order valence-electron chi connectivity index (χ0n) is 73.9. The van der Waals surface area contributed by atoms with E-state index in [9.17, 15) is 0 Å². The Balaban J connectivity index is 0.996. The minimum atomic E-state index is -0.325. The van der Waals surface area contributed by atoms with Crippen LogP contribution in [0.15, 0.2) is 346 Å². The summed E-state index contributed by atoms with van der Waals surface area (Å²) in [6.45, 7) is 37.2. The summed E-state index contributed by atoms with van der Waals surface area (Å²) in [4.78, 5) is 5.53. The summed E-state index contributed by atoms with van der Waals surface area (Å²) in [6, 6.07) is 134. The number of aromatic nitrogens is 2. The fraction of sp³-hybridized carbons (Fsp3) is 0.186. The molecule has 0 spiro atoms. The van der Waals surface area contributed by atoms with Gasteiger partial charge in [0.25, 0.3) is 6.71 Å². The molecule has 0 unspecified atom stereocenters. The minimum absolute atomic E-state index is 0.0860. The Morgan fingerprint density at radius 3 is 0.821 bits per heavy atom. The Morgan fingerprint density at radius 2 is 0.537 bits per heavy atom. The molecule has 4 nitrogen and oxygen atoms in total.